The van der Waals surface area contributed by atoms with Gasteiger partial charge in [0, 0.05) is 24.8 Å². The van der Waals surface area contributed by atoms with Crippen molar-refractivity contribution < 1.29 is 24.6 Å². The summed E-state index contributed by atoms with van der Waals surface area (Å²) in [5.41, 5.74) is 0.467. The van der Waals surface area contributed by atoms with E-state index in [1.54, 1.807) is 24.3 Å². The number of rotatable bonds is 7. The van der Waals surface area contributed by atoms with Gasteiger partial charge >= 0.3 is 0 Å². The number of carbonyl (C=O) groups excluding carboxylic acids is 1. The third-order valence-electron chi connectivity index (χ3n) is 5.51. The fourth-order valence-corrected chi connectivity index (χ4v) is 4.39. The quantitative estimate of drug-likeness (QED) is 0.643. The minimum absolute atomic E-state index is 0.107. The first kappa shape index (κ1) is 20.9. The minimum atomic E-state index is -0.601. The second-order valence-corrected chi connectivity index (χ2v) is 8.78. The van der Waals surface area contributed by atoms with Gasteiger partial charge in [-0.15, -0.1) is 0 Å². The number of Topliss-reactive ketones (excluding diaryl/α,β-unsaturated/α-hetero) is 1. The van der Waals surface area contributed by atoms with Gasteiger partial charge in [-0.1, -0.05) is 6.92 Å². The number of hydrogen-bond acceptors (Lipinski definition) is 4. The van der Waals surface area contributed by atoms with E-state index in [2.05, 4.69) is 27.7 Å². The molecule has 0 bridgehead atoms. The van der Waals surface area contributed by atoms with E-state index in [0.717, 1.165) is 12.8 Å². The molecule has 26 heavy (non-hydrogen) atoms. The first-order valence-corrected chi connectivity index (χ1v) is 9.54. The molecule has 146 valence electrons. The van der Waals surface area contributed by atoms with Crippen LogP contribution in [0.4, 0.5) is 0 Å². The van der Waals surface area contributed by atoms with Crippen molar-refractivity contribution in [2.75, 3.05) is 13.2 Å². The Kier molecular flexibility index (Phi) is 6.48. The Balaban J connectivity index is 1.93. The van der Waals surface area contributed by atoms with Crippen LogP contribution in [-0.4, -0.2) is 52.4 Å². The van der Waals surface area contributed by atoms with Gasteiger partial charge in [-0.2, -0.15) is 0 Å². The molecule has 1 aromatic carbocycles. The SMILES string of the molecule is CCC(=O)c1ccc(OC[C@H](O)C[NH+]2C(C)(C)CC(O)CC2(C)C)cc1. The van der Waals surface area contributed by atoms with Crippen molar-refractivity contribution in [3.05, 3.63) is 29.8 Å². The summed E-state index contributed by atoms with van der Waals surface area (Å²) in [6.07, 6.45) is 1.05. The molecule has 1 atom stereocenters. The molecule has 1 aliphatic heterocycles. The molecule has 0 amide bonds. The lowest BCUT2D eigenvalue weighted by molar-refractivity contribution is -1.00. The summed E-state index contributed by atoms with van der Waals surface area (Å²) in [6, 6.07) is 7.06. The van der Waals surface area contributed by atoms with Crippen LogP contribution in [0.1, 0.15) is 64.2 Å². The third kappa shape index (κ3) is 5.06. The second-order valence-electron chi connectivity index (χ2n) is 8.78. The molecule has 0 spiro atoms. The monoisotopic (exact) mass is 364 g/mol. The predicted octanol–water partition coefficient (Wildman–Crippen LogP) is 1.62. The highest BCUT2D eigenvalue weighted by Crippen LogP contribution is 2.24. The van der Waals surface area contributed by atoms with Crippen LogP contribution in [-0.2, 0) is 0 Å². The zero-order valence-corrected chi connectivity index (χ0v) is 16.7. The standard InChI is InChI=1S/C21H33NO4/c1-6-19(25)15-7-9-18(10-8-15)26-14-17(24)13-22-20(2,3)11-16(23)12-21(22,4)5/h7-10,16-17,23-24H,6,11-14H2,1-5H3/p+1/t17-/m1/s1. The summed E-state index contributed by atoms with van der Waals surface area (Å²) in [4.78, 5) is 12.9. The van der Waals surface area contributed by atoms with Gasteiger partial charge in [-0.3, -0.25) is 4.79 Å². The van der Waals surface area contributed by atoms with Crippen LogP contribution in [0.3, 0.4) is 0 Å². The van der Waals surface area contributed by atoms with Gasteiger partial charge in [0.1, 0.15) is 25.0 Å². The second kappa shape index (κ2) is 8.07. The van der Waals surface area contributed by atoms with E-state index in [9.17, 15) is 15.0 Å². The van der Waals surface area contributed by atoms with Gasteiger partial charge in [0.25, 0.3) is 0 Å². The molecule has 5 nitrogen and oxygen atoms in total. The molecule has 5 heteroatoms. The fraction of sp³-hybridized carbons (Fsp3) is 0.667. The van der Waals surface area contributed by atoms with Gasteiger partial charge < -0.3 is 19.8 Å². The van der Waals surface area contributed by atoms with Crippen LogP contribution >= 0.6 is 0 Å². The molecule has 0 aliphatic carbocycles. The lowest BCUT2D eigenvalue weighted by atomic mass is 9.78. The van der Waals surface area contributed by atoms with E-state index < -0.39 is 6.10 Å². The third-order valence-corrected chi connectivity index (χ3v) is 5.51. The average molecular weight is 365 g/mol. The molecule has 1 aromatic rings. The summed E-state index contributed by atoms with van der Waals surface area (Å²) in [6.45, 7) is 11.2. The maximum absolute atomic E-state index is 11.7. The van der Waals surface area contributed by atoms with Crippen molar-refractivity contribution in [3.63, 3.8) is 0 Å². The highest BCUT2D eigenvalue weighted by atomic mass is 16.5. The molecule has 2 rings (SSSR count). The van der Waals surface area contributed by atoms with Crippen LogP contribution in [0.2, 0.25) is 0 Å². The Labute approximate surface area is 157 Å². The molecule has 0 saturated carbocycles. The summed E-state index contributed by atoms with van der Waals surface area (Å²) >= 11 is 0. The fourth-order valence-electron chi connectivity index (χ4n) is 4.39. The van der Waals surface area contributed by atoms with E-state index >= 15 is 0 Å². The number of aliphatic hydroxyl groups excluding tert-OH is 2. The number of piperidine rings is 1. The first-order valence-electron chi connectivity index (χ1n) is 9.54. The number of nitrogens with one attached hydrogen (secondary N) is 1. The summed E-state index contributed by atoms with van der Waals surface area (Å²) in [5, 5.41) is 20.7. The van der Waals surface area contributed by atoms with Crippen molar-refractivity contribution in [3.8, 4) is 5.75 Å². The number of ketones is 1. The maximum Gasteiger partial charge on any atom is 0.162 e. The number of benzene rings is 1. The molecule has 0 unspecified atom stereocenters. The minimum Gasteiger partial charge on any atom is -0.491 e. The topological polar surface area (TPSA) is 71.2 Å². The smallest absolute Gasteiger partial charge is 0.162 e. The van der Waals surface area contributed by atoms with Crippen molar-refractivity contribution in [2.45, 2.75) is 77.2 Å². The number of likely N-dealkylation sites (tertiary alicyclic amines) is 1. The Morgan fingerprint density at radius 3 is 2.23 bits per heavy atom. The van der Waals surface area contributed by atoms with Crippen molar-refractivity contribution >= 4 is 5.78 Å². The largest absolute Gasteiger partial charge is 0.491 e. The van der Waals surface area contributed by atoms with Crippen LogP contribution in [0.5, 0.6) is 5.75 Å². The summed E-state index contributed by atoms with van der Waals surface area (Å²) in [5.74, 6) is 0.760. The normalized spacial score (nSPS) is 25.5. The van der Waals surface area contributed by atoms with Crippen LogP contribution < -0.4 is 9.64 Å². The van der Waals surface area contributed by atoms with Crippen LogP contribution in [0.15, 0.2) is 24.3 Å². The van der Waals surface area contributed by atoms with Gasteiger partial charge in [-0.25, -0.2) is 0 Å². The van der Waals surface area contributed by atoms with Crippen LogP contribution in [0, 0.1) is 0 Å². The first-order chi connectivity index (χ1) is 12.0. The molecule has 0 aromatic heterocycles. The van der Waals surface area contributed by atoms with Gasteiger partial charge in [-0.05, 0) is 52.0 Å². The summed E-state index contributed by atoms with van der Waals surface area (Å²) < 4.78 is 5.71. The average Bonchev–Trinajstić information content (AvgIpc) is 2.55. The van der Waals surface area contributed by atoms with Crippen molar-refractivity contribution in [1.82, 2.24) is 0 Å². The summed E-state index contributed by atoms with van der Waals surface area (Å²) in [7, 11) is 0. The van der Waals surface area contributed by atoms with Gasteiger partial charge in [0.15, 0.2) is 5.78 Å². The van der Waals surface area contributed by atoms with E-state index in [1.165, 1.54) is 4.90 Å². The zero-order valence-electron chi connectivity index (χ0n) is 16.7. The number of ether oxygens (including phenoxy) is 1. The number of aliphatic hydroxyl groups is 2. The molecule has 1 aliphatic rings. The molecule has 1 fully saturated rings. The van der Waals surface area contributed by atoms with Gasteiger partial charge in [0.2, 0.25) is 0 Å². The van der Waals surface area contributed by atoms with E-state index in [1.807, 2.05) is 6.92 Å². The highest BCUT2D eigenvalue weighted by Gasteiger charge is 2.49. The maximum atomic E-state index is 11.7. The van der Waals surface area contributed by atoms with E-state index in [0.29, 0.717) is 24.3 Å². The Morgan fingerprint density at radius 2 is 1.73 bits per heavy atom. The molecular formula is C21H34NO4+. The molecule has 1 saturated heterocycles. The lowest BCUT2D eigenvalue weighted by Gasteiger charge is -2.51. The number of hydrogen-bond donors (Lipinski definition) is 3. The zero-order chi connectivity index (χ0) is 19.5. The lowest BCUT2D eigenvalue weighted by Crippen LogP contribution is -3.27. The molecule has 1 heterocycles. The Morgan fingerprint density at radius 1 is 1.19 bits per heavy atom. The number of carbonyl (C=O) groups is 1. The molecule has 3 N–H and O–H groups in total. The number of quaternary nitrogens is 1. The van der Waals surface area contributed by atoms with Crippen molar-refractivity contribution in [1.29, 1.82) is 0 Å². The molecular weight excluding hydrogens is 330 g/mol. The molecule has 0 radical (unpaired) electrons. The Bertz CT molecular complexity index is 591. The predicted molar refractivity (Wildman–Crippen MR) is 102 cm³/mol. The van der Waals surface area contributed by atoms with Crippen molar-refractivity contribution in [2.24, 2.45) is 0 Å². The highest BCUT2D eigenvalue weighted by molar-refractivity contribution is 5.95. The van der Waals surface area contributed by atoms with Gasteiger partial charge in [0.05, 0.1) is 17.2 Å². The van der Waals surface area contributed by atoms with Crippen LogP contribution in [0.25, 0.3) is 0 Å². The Hall–Kier alpha value is -1.43. The van der Waals surface area contributed by atoms with E-state index in [4.69, 9.17) is 4.74 Å². The van der Waals surface area contributed by atoms with E-state index in [-0.39, 0.29) is 29.6 Å².